The Morgan fingerprint density at radius 1 is 1.28 bits per heavy atom. The van der Waals surface area contributed by atoms with Crippen LogP contribution < -0.4 is 4.90 Å². The topological polar surface area (TPSA) is 66.7 Å². The van der Waals surface area contributed by atoms with Crippen LogP contribution in [0, 0.1) is 22.9 Å². The van der Waals surface area contributed by atoms with Crippen molar-refractivity contribution in [2.75, 3.05) is 18.0 Å². The fourth-order valence-electron chi connectivity index (χ4n) is 3.75. The summed E-state index contributed by atoms with van der Waals surface area (Å²) in [6.45, 7) is 5.11. The molecular formula is C21H23ClFN3O3. The van der Waals surface area contributed by atoms with Crippen molar-refractivity contribution in [2.45, 2.75) is 39.3 Å². The van der Waals surface area contributed by atoms with Gasteiger partial charge in [-0.25, -0.2) is 4.39 Å². The number of aryl methyl sites for hydroxylation is 1. The van der Waals surface area contributed by atoms with E-state index < -0.39 is 4.92 Å². The first kappa shape index (κ1) is 21.2. The zero-order valence-electron chi connectivity index (χ0n) is 16.4. The van der Waals surface area contributed by atoms with Gasteiger partial charge < -0.3 is 4.90 Å². The standard InChI is InChI=1S/C21H23ClFN3O3/c1-14-3-4-18(12-21(14)23)25(15(2)27)17-7-9-24(10-8-17)13-16-11-19(26(28)29)5-6-20(16)22/h3-6,11-12,17H,7-10,13H2,1-2H3. The zero-order valence-corrected chi connectivity index (χ0v) is 17.2. The molecule has 0 aliphatic carbocycles. The molecule has 1 amide bonds. The van der Waals surface area contributed by atoms with Crippen molar-refractivity contribution in [1.82, 2.24) is 4.90 Å². The van der Waals surface area contributed by atoms with E-state index >= 15 is 0 Å². The van der Waals surface area contributed by atoms with Gasteiger partial charge in [0, 0.05) is 55.4 Å². The fourth-order valence-corrected chi connectivity index (χ4v) is 3.93. The zero-order chi connectivity index (χ0) is 21.1. The second kappa shape index (κ2) is 8.88. The Morgan fingerprint density at radius 3 is 2.55 bits per heavy atom. The summed E-state index contributed by atoms with van der Waals surface area (Å²) in [6, 6.07) is 9.28. The molecule has 0 N–H and O–H groups in total. The van der Waals surface area contributed by atoms with Gasteiger partial charge in [0.25, 0.3) is 5.69 Å². The van der Waals surface area contributed by atoms with E-state index in [9.17, 15) is 19.3 Å². The Bertz CT molecular complexity index is 929. The van der Waals surface area contributed by atoms with Crippen molar-refractivity contribution in [1.29, 1.82) is 0 Å². The Labute approximate surface area is 174 Å². The lowest BCUT2D eigenvalue weighted by Crippen LogP contribution is -2.46. The first-order valence-electron chi connectivity index (χ1n) is 9.47. The molecule has 0 saturated carbocycles. The van der Waals surface area contributed by atoms with Crippen molar-refractivity contribution in [3.05, 3.63) is 68.5 Å². The number of piperidine rings is 1. The highest BCUT2D eigenvalue weighted by Crippen LogP contribution is 2.28. The summed E-state index contributed by atoms with van der Waals surface area (Å²) in [4.78, 5) is 26.7. The summed E-state index contributed by atoms with van der Waals surface area (Å²) >= 11 is 6.21. The van der Waals surface area contributed by atoms with Crippen LogP contribution in [-0.4, -0.2) is 34.9 Å². The molecule has 2 aromatic rings. The second-order valence-corrected chi connectivity index (χ2v) is 7.77. The molecule has 1 aliphatic heterocycles. The molecule has 1 heterocycles. The summed E-state index contributed by atoms with van der Waals surface area (Å²) in [5, 5.41) is 11.5. The minimum Gasteiger partial charge on any atom is -0.309 e. The van der Waals surface area contributed by atoms with Gasteiger partial charge >= 0.3 is 0 Å². The van der Waals surface area contributed by atoms with Gasteiger partial charge in [-0.1, -0.05) is 17.7 Å². The van der Waals surface area contributed by atoms with E-state index in [0.29, 0.717) is 41.5 Å². The van der Waals surface area contributed by atoms with Crippen LogP contribution in [0.2, 0.25) is 5.02 Å². The van der Waals surface area contributed by atoms with Crippen LogP contribution in [-0.2, 0) is 11.3 Å². The summed E-state index contributed by atoms with van der Waals surface area (Å²) in [6.07, 6.45) is 1.45. The average Bonchev–Trinajstić information content (AvgIpc) is 2.67. The minimum absolute atomic E-state index is 0.0171. The van der Waals surface area contributed by atoms with Crippen molar-refractivity contribution in [3.63, 3.8) is 0 Å². The minimum atomic E-state index is -0.433. The van der Waals surface area contributed by atoms with Crippen LogP contribution in [0.5, 0.6) is 0 Å². The number of rotatable bonds is 5. The quantitative estimate of drug-likeness (QED) is 0.519. The molecule has 0 spiro atoms. The van der Waals surface area contributed by atoms with Gasteiger partial charge in [0.15, 0.2) is 0 Å². The number of carbonyl (C=O) groups excluding carboxylic acids is 1. The number of halogens is 2. The van der Waals surface area contributed by atoms with E-state index in [0.717, 1.165) is 12.8 Å². The molecule has 0 bridgehead atoms. The number of nitro groups is 1. The average molecular weight is 420 g/mol. The van der Waals surface area contributed by atoms with Crippen molar-refractivity contribution < 1.29 is 14.1 Å². The highest BCUT2D eigenvalue weighted by molar-refractivity contribution is 6.31. The number of hydrogen-bond donors (Lipinski definition) is 0. The normalized spacial score (nSPS) is 15.3. The number of non-ortho nitro benzene ring substituents is 1. The van der Waals surface area contributed by atoms with Gasteiger partial charge in [-0.2, -0.15) is 0 Å². The highest BCUT2D eigenvalue weighted by atomic mass is 35.5. The molecule has 0 unspecified atom stereocenters. The SMILES string of the molecule is CC(=O)N(c1ccc(C)c(F)c1)C1CCN(Cc2cc([N+](=O)[O-])ccc2Cl)CC1. The maximum atomic E-state index is 14.0. The summed E-state index contributed by atoms with van der Waals surface area (Å²) in [5.74, 6) is -0.445. The lowest BCUT2D eigenvalue weighted by molar-refractivity contribution is -0.384. The maximum absolute atomic E-state index is 14.0. The number of nitro benzene ring substituents is 1. The van der Waals surface area contributed by atoms with Crippen molar-refractivity contribution >= 4 is 28.9 Å². The van der Waals surface area contributed by atoms with Crippen LogP contribution in [0.3, 0.4) is 0 Å². The van der Waals surface area contributed by atoms with Crippen LogP contribution in [0.4, 0.5) is 15.8 Å². The molecule has 0 atom stereocenters. The predicted octanol–water partition coefficient (Wildman–Crippen LogP) is 4.71. The molecule has 2 aromatic carbocycles. The largest absolute Gasteiger partial charge is 0.309 e. The van der Waals surface area contributed by atoms with Gasteiger partial charge in [-0.05, 0) is 49.1 Å². The van der Waals surface area contributed by atoms with E-state index in [2.05, 4.69) is 4.90 Å². The number of hydrogen-bond acceptors (Lipinski definition) is 4. The van der Waals surface area contributed by atoms with Crippen LogP contribution in [0.1, 0.15) is 30.9 Å². The summed E-state index contributed by atoms with van der Waals surface area (Å²) < 4.78 is 14.0. The molecular weight excluding hydrogens is 397 g/mol. The molecule has 0 radical (unpaired) electrons. The van der Waals surface area contributed by atoms with Gasteiger partial charge in [0.05, 0.1) is 4.92 Å². The van der Waals surface area contributed by atoms with Gasteiger partial charge in [-0.15, -0.1) is 0 Å². The van der Waals surface area contributed by atoms with Gasteiger partial charge in [0.2, 0.25) is 5.91 Å². The van der Waals surface area contributed by atoms with Crippen LogP contribution in [0.25, 0.3) is 0 Å². The monoisotopic (exact) mass is 419 g/mol. The second-order valence-electron chi connectivity index (χ2n) is 7.36. The summed E-state index contributed by atoms with van der Waals surface area (Å²) in [7, 11) is 0. The predicted molar refractivity (Wildman–Crippen MR) is 111 cm³/mol. The fraction of sp³-hybridized carbons (Fsp3) is 0.381. The molecule has 1 aliphatic rings. The molecule has 154 valence electrons. The van der Waals surface area contributed by atoms with E-state index in [4.69, 9.17) is 11.6 Å². The van der Waals surface area contributed by atoms with Crippen molar-refractivity contribution in [3.8, 4) is 0 Å². The first-order valence-corrected chi connectivity index (χ1v) is 9.85. The molecule has 6 nitrogen and oxygen atoms in total. The Hall–Kier alpha value is -2.51. The maximum Gasteiger partial charge on any atom is 0.269 e. The third-order valence-corrected chi connectivity index (χ3v) is 5.70. The first-order chi connectivity index (χ1) is 13.8. The van der Waals surface area contributed by atoms with Gasteiger partial charge in [0.1, 0.15) is 5.82 Å². The molecule has 29 heavy (non-hydrogen) atoms. The molecule has 8 heteroatoms. The lowest BCUT2D eigenvalue weighted by atomic mass is 10.0. The van der Waals surface area contributed by atoms with Gasteiger partial charge in [-0.3, -0.25) is 19.8 Å². The smallest absolute Gasteiger partial charge is 0.269 e. The lowest BCUT2D eigenvalue weighted by Gasteiger charge is -2.38. The van der Waals surface area contributed by atoms with Crippen LogP contribution in [0.15, 0.2) is 36.4 Å². The summed E-state index contributed by atoms with van der Waals surface area (Å²) in [5.41, 5.74) is 1.84. The van der Waals surface area contributed by atoms with E-state index in [-0.39, 0.29) is 23.5 Å². The molecule has 0 aromatic heterocycles. The van der Waals surface area contributed by atoms with Crippen molar-refractivity contribution in [2.24, 2.45) is 0 Å². The molecule has 1 fully saturated rings. The molecule has 1 saturated heterocycles. The number of carbonyl (C=O) groups is 1. The van der Waals surface area contributed by atoms with E-state index in [1.807, 2.05) is 0 Å². The third-order valence-electron chi connectivity index (χ3n) is 5.33. The van der Waals surface area contributed by atoms with E-state index in [1.165, 1.54) is 25.1 Å². The number of amides is 1. The number of nitrogens with zero attached hydrogens (tertiary/aromatic N) is 3. The number of anilines is 1. The Kier molecular flexibility index (Phi) is 6.49. The molecule has 3 rings (SSSR count). The van der Waals surface area contributed by atoms with Crippen LogP contribution >= 0.6 is 11.6 Å². The Balaban J connectivity index is 1.69. The highest BCUT2D eigenvalue weighted by Gasteiger charge is 2.28. The third kappa shape index (κ3) is 4.92. The number of likely N-dealkylation sites (tertiary alicyclic amines) is 1. The van der Waals surface area contributed by atoms with E-state index in [1.54, 1.807) is 30.0 Å². The number of benzene rings is 2. The Morgan fingerprint density at radius 2 is 1.97 bits per heavy atom.